The lowest BCUT2D eigenvalue weighted by atomic mass is 10.00. The predicted molar refractivity (Wildman–Crippen MR) is 80.0 cm³/mol. The number of carbonyl (C=O) groups is 1. The van der Waals surface area contributed by atoms with Crippen LogP contribution in [0.5, 0.6) is 0 Å². The minimum absolute atomic E-state index is 0.197. The van der Waals surface area contributed by atoms with E-state index in [0.29, 0.717) is 5.56 Å². The van der Waals surface area contributed by atoms with E-state index in [1.165, 1.54) is 11.6 Å². The Labute approximate surface area is 111 Å². The summed E-state index contributed by atoms with van der Waals surface area (Å²) >= 11 is 0. The molecule has 0 fully saturated rings. The van der Waals surface area contributed by atoms with Crippen LogP contribution in [-0.2, 0) is 0 Å². The van der Waals surface area contributed by atoms with Crippen LogP contribution in [0.4, 0.5) is 0 Å². The SMILES string of the molecule is C/C=N/C(=O)c1ccc2ccc3ccccc3c2c1. The highest BCUT2D eigenvalue weighted by Crippen LogP contribution is 2.26. The lowest BCUT2D eigenvalue weighted by Gasteiger charge is -2.05. The van der Waals surface area contributed by atoms with Crippen LogP contribution in [-0.4, -0.2) is 12.1 Å². The molecule has 1 amide bonds. The van der Waals surface area contributed by atoms with Gasteiger partial charge in [0.1, 0.15) is 0 Å². The Kier molecular flexibility index (Phi) is 2.84. The Hall–Kier alpha value is -2.48. The highest BCUT2D eigenvalue weighted by atomic mass is 16.1. The monoisotopic (exact) mass is 247 g/mol. The summed E-state index contributed by atoms with van der Waals surface area (Å²) in [5, 5.41) is 4.57. The first-order valence-corrected chi connectivity index (χ1v) is 6.24. The van der Waals surface area contributed by atoms with Crippen molar-refractivity contribution in [2.75, 3.05) is 0 Å². The number of rotatable bonds is 1. The zero-order valence-electron chi connectivity index (χ0n) is 10.6. The third-order valence-corrected chi connectivity index (χ3v) is 3.24. The molecule has 0 aromatic heterocycles. The van der Waals surface area contributed by atoms with E-state index in [1.54, 1.807) is 6.92 Å². The number of amides is 1. The molecule has 0 atom stereocenters. The molecule has 0 N–H and O–H groups in total. The van der Waals surface area contributed by atoms with E-state index < -0.39 is 0 Å². The summed E-state index contributed by atoms with van der Waals surface area (Å²) in [6.07, 6.45) is 1.52. The van der Waals surface area contributed by atoms with Gasteiger partial charge >= 0.3 is 0 Å². The average Bonchev–Trinajstić information content (AvgIpc) is 2.47. The molecule has 0 saturated carbocycles. The molecule has 3 aromatic rings. The lowest BCUT2D eigenvalue weighted by Crippen LogP contribution is -1.94. The van der Waals surface area contributed by atoms with Crippen LogP contribution in [0.1, 0.15) is 17.3 Å². The quantitative estimate of drug-likeness (QED) is 0.467. The van der Waals surface area contributed by atoms with Gasteiger partial charge in [0.15, 0.2) is 0 Å². The molecule has 19 heavy (non-hydrogen) atoms. The average molecular weight is 247 g/mol. The van der Waals surface area contributed by atoms with Crippen LogP contribution < -0.4 is 0 Å². The fourth-order valence-corrected chi connectivity index (χ4v) is 2.33. The summed E-state index contributed by atoms with van der Waals surface area (Å²) in [5.74, 6) is -0.197. The topological polar surface area (TPSA) is 29.4 Å². The summed E-state index contributed by atoms with van der Waals surface area (Å²) < 4.78 is 0. The van der Waals surface area contributed by atoms with Crippen molar-refractivity contribution in [3.63, 3.8) is 0 Å². The highest BCUT2D eigenvalue weighted by Gasteiger charge is 2.06. The molecule has 0 saturated heterocycles. The maximum absolute atomic E-state index is 11.8. The standard InChI is InChI=1S/C17H13NO/c1-2-18-17(19)14-10-9-13-8-7-12-5-3-4-6-15(12)16(13)11-14/h2-11H,1H3/b18-2+. The molecule has 3 rings (SSSR count). The van der Waals surface area contributed by atoms with Gasteiger partial charge in [0, 0.05) is 11.8 Å². The summed E-state index contributed by atoms with van der Waals surface area (Å²) in [7, 11) is 0. The molecule has 0 aliphatic carbocycles. The Morgan fingerprint density at radius 3 is 2.42 bits per heavy atom. The normalized spacial score (nSPS) is 11.4. The second-order valence-corrected chi connectivity index (χ2v) is 4.42. The Balaban J connectivity index is 2.31. The Bertz CT molecular complexity index is 803. The predicted octanol–water partition coefficient (Wildman–Crippen LogP) is 4.22. The summed E-state index contributed by atoms with van der Waals surface area (Å²) in [6.45, 7) is 1.74. The van der Waals surface area contributed by atoms with Crippen molar-refractivity contribution < 1.29 is 4.79 Å². The Morgan fingerprint density at radius 1 is 0.947 bits per heavy atom. The summed E-state index contributed by atoms with van der Waals surface area (Å²) in [6, 6.07) is 18.1. The van der Waals surface area contributed by atoms with Crippen LogP contribution in [0.2, 0.25) is 0 Å². The second-order valence-electron chi connectivity index (χ2n) is 4.42. The van der Waals surface area contributed by atoms with Crippen molar-refractivity contribution >= 4 is 33.7 Å². The van der Waals surface area contributed by atoms with Crippen molar-refractivity contribution in [3.8, 4) is 0 Å². The van der Waals surface area contributed by atoms with E-state index in [0.717, 1.165) is 16.2 Å². The minimum atomic E-state index is -0.197. The number of aliphatic imine (C=N–C) groups is 1. The maximum Gasteiger partial charge on any atom is 0.276 e. The van der Waals surface area contributed by atoms with E-state index in [1.807, 2.05) is 30.3 Å². The third-order valence-electron chi connectivity index (χ3n) is 3.24. The van der Waals surface area contributed by atoms with E-state index in [4.69, 9.17) is 0 Å². The smallest absolute Gasteiger partial charge is 0.267 e. The molecular formula is C17H13NO. The van der Waals surface area contributed by atoms with Crippen LogP contribution >= 0.6 is 0 Å². The van der Waals surface area contributed by atoms with Gasteiger partial charge in [-0.15, -0.1) is 0 Å². The number of hydrogen-bond donors (Lipinski definition) is 0. The largest absolute Gasteiger partial charge is 0.276 e. The zero-order valence-corrected chi connectivity index (χ0v) is 10.6. The number of nitrogens with zero attached hydrogens (tertiary/aromatic N) is 1. The lowest BCUT2D eigenvalue weighted by molar-refractivity contribution is 0.100. The van der Waals surface area contributed by atoms with E-state index in [9.17, 15) is 4.79 Å². The van der Waals surface area contributed by atoms with Gasteiger partial charge < -0.3 is 0 Å². The first kappa shape index (κ1) is 11.6. The van der Waals surface area contributed by atoms with Gasteiger partial charge in [0.25, 0.3) is 5.91 Å². The third kappa shape index (κ3) is 2.02. The fourth-order valence-electron chi connectivity index (χ4n) is 2.33. The van der Waals surface area contributed by atoms with Gasteiger partial charge in [0.05, 0.1) is 0 Å². The molecule has 0 aliphatic rings. The molecule has 0 radical (unpaired) electrons. The number of carbonyl (C=O) groups excluding carboxylic acids is 1. The van der Waals surface area contributed by atoms with E-state index in [2.05, 4.69) is 29.3 Å². The molecule has 2 heteroatoms. The molecule has 0 aliphatic heterocycles. The molecule has 0 spiro atoms. The zero-order chi connectivity index (χ0) is 13.2. The van der Waals surface area contributed by atoms with E-state index >= 15 is 0 Å². The van der Waals surface area contributed by atoms with Gasteiger partial charge in [-0.3, -0.25) is 4.79 Å². The Morgan fingerprint density at radius 2 is 1.63 bits per heavy atom. The fraction of sp³-hybridized carbons (Fsp3) is 0.0588. The van der Waals surface area contributed by atoms with Gasteiger partial charge in [-0.25, -0.2) is 4.99 Å². The van der Waals surface area contributed by atoms with Crippen LogP contribution in [0.25, 0.3) is 21.5 Å². The molecule has 0 heterocycles. The van der Waals surface area contributed by atoms with Gasteiger partial charge in [-0.1, -0.05) is 42.5 Å². The molecular weight excluding hydrogens is 234 g/mol. The summed E-state index contributed by atoms with van der Waals surface area (Å²) in [5.41, 5.74) is 0.627. The van der Waals surface area contributed by atoms with Crippen molar-refractivity contribution in [1.29, 1.82) is 0 Å². The van der Waals surface area contributed by atoms with Crippen molar-refractivity contribution in [2.45, 2.75) is 6.92 Å². The van der Waals surface area contributed by atoms with Crippen LogP contribution in [0.15, 0.2) is 59.6 Å². The van der Waals surface area contributed by atoms with Gasteiger partial charge in [-0.05, 0) is 40.6 Å². The van der Waals surface area contributed by atoms with Crippen LogP contribution in [0, 0.1) is 0 Å². The molecule has 3 aromatic carbocycles. The summed E-state index contributed by atoms with van der Waals surface area (Å²) in [4.78, 5) is 15.6. The van der Waals surface area contributed by atoms with Crippen molar-refractivity contribution in [1.82, 2.24) is 0 Å². The molecule has 2 nitrogen and oxygen atoms in total. The van der Waals surface area contributed by atoms with Crippen molar-refractivity contribution in [2.24, 2.45) is 4.99 Å². The second kappa shape index (κ2) is 4.65. The first-order chi connectivity index (χ1) is 9.29. The van der Waals surface area contributed by atoms with Gasteiger partial charge in [-0.2, -0.15) is 0 Å². The van der Waals surface area contributed by atoms with Crippen molar-refractivity contribution in [3.05, 3.63) is 60.2 Å². The number of benzene rings is 3. The number of hydrogen-bond acceptors (Lipinski definition) is 1. The molecule has 0 bridgehead atoms. The number of fused-ring (bicyclic) bond motifs is 3. The first-order valence-electron chi connectivity index (χ1n) is 6.24. The maximum atomic E-state index is 11.8. The van der Waals surface area contributed by atoms with Crippen LogP contribution in [0.3, 0.4) is 0 Å². The highest BCUT2D eigenvalue weighted by molar-refractivity contribution is 6.10. The van der Waals surface area contributed by atoms with Gasteiger partial charge in [0.2, 0.25) is 0 Å². The molecule has 92 valence electrons. The molecule has 0 unspecified atom stereocenters. The minimum Gasteiger partial charge on any atom is -0.267 e. The van der Waals surface area contributed by atoms with E-state index in [-0.39, 0.29) is 5.91 Å².